The molecular weight excluding hydrogens is 540 g/mol. The first-order chi connectivity index (χ1) is 19.3. The number of methoxy groups -OCH3 is 1. The van der Waals surface area contributed by atoms with Gasteiger partial charge in [0.1, 0.15) is 0 Å². The highest BCUT2D eigenvalue weighted by atomic mass is 35.5. The lowest BCUT2D eigenvalue weighted by Crippen LogP contribution is -2.41. The average molecular weight is 565 g/mol. The van der Waals surface area contributed by atoms with Crippen molar-refractivity contribution in [2.75, 3.05) is 19.2 Å². The zero-order chi connectivity index (χ0) is 28.6. The molecule has 40 heavy (non-hydrogen) atoms. The number of nitro benzene ring substituents is 1. The van der Waals surface area contributed by atoms with Crippen molar-refractivity contribution in [3.63, 3.8) is 0 Å². The Morgan fingerprint density at radius 1 is 1.02 bits per heavy atom. The van der Waals surface area contributed by atoms with Gasteiger partial charge in [-0.1, -0.05) is 41.9 Å². The van der Waals surface area contributed by atoms with Gasteiger partial charge in [0.15, 0.2) is 12.5 Å². The average Bonchev–Trinajstić information content (AvgIpc) is 3.45. The Morgan fingerprint density at radius 2 is 1.77 bits per heavy atom. The van der Waals surface area contributed by atoms with E-state index in [2.05, 4.69) is 16.2 Å². The monoisotopic (exact) mass is 564 g/mol. The van der Waals surface area contributed by atoms with Gasteiger partial charge in [0.25, 0.3) is 5.91 Å². The second-order valence-electron chi connectivity index (χ2n) is 8.56. The second-order valence-corrected chi connectivity index (χ2v) is 9.00. The summed E-state index contributed by atoms with van der Waals surface area (Å²) in [6, 6.07) is 20.3. The van der Waals surface area contributed by atoms with Gasteiger partial charge >= 0.3 is 11.6 Å². The van der Waals surface area contributed by atoms with E-state index < -0.39 is 22.4 Å². The molecule has 0 aliphatic carbocycles. The van der Waals surface area contributed by atoms with Crippen LogP contribution in [0.25, 0.3) is 11.1 Å². The summed E-state index contributed by atoms with van der Waals surface area (Å²) < 4.78 is 15.3. The lowest BCUT2D eigenvalue weighted by Gasteiger charge is -2.16. The molecule has 206 valence electrons. The number of hydrazine groups is 1. The van der Waals surface area contributed by atoms with E-state index >= 15 is 0 Å². The Labute approximate surface area is 234 Å². The number of ether oxygens (including phenoxy) is 2. The third-order valence-corrected chi connectivity index (χ3v) is 6.08. The Kier molecular flexibility index (Phi) is 9.00. The molecule has 0 aliphatic heterocycles. The van der Waals surface area contributed by atoms with Crippen molar-refractivity contribution in [2.24, 2.45) is 0 Å². The molecule has 0 aliphatic rings. The highest BCUT2D eigenvalue weighted by molar-refractivity contribution is 6.30. The lowest BCUT2D eigenvalue weighted by atomic mass is 10.0. The maximum atomic E-state index is 12.8. The van der Waals surface area contributed by atoms with Crippen LogP contribution >= 0.6 is 11.6 Å². The Balaban J connectivity index is 1.41. The number of nitrogens with zero attached hydrogens (tertiary/aromatic N) is 1. The standard InChI is InChI=1S/C28H25ClN4O7/c1-17(30-22-5-3-4-21(29)15-22)18-6-8-19(9-7-18)23-12-13-39-26(23)28(35)32-31-27(34)20-10-11-25(40-16-38-2)24(14-20)33(36)37/h3-15,17,30H,16H2,1-2H3,(H,31,34)(H,32,35)/t17-/m1/s1. The number of hydrogen-bond acceptors (Lipinski definition) is 8. The van der Waals surface area contributed by atoms with Crippen LogP contribution in [0.4, 0.5) is 11.4 Å². The minimum absolute atomic E-state index is 0.00808. The van der Waals surface area contributed by atoms with Crippen molar-refractivity contribution in [2.45, 2.75) is 13.0 Å². The molecule has 0 bridgehead atoms. The smallest absolute Gasteiger partial charge is 0.311 e. The summed E-state index contributed by atoms with van der Waals surface area (Å²) in [5.74, 6) is -1.56. The molecule has 0 saturated heterocycles. The molecule has 0 radical (unpaired) electrons. The van der Waals surface area contributed by atoms with Gasteiger partial charge in [0.05, 0.1) is 11.2 Å². The summed E-state index contributed by atoms with van der Waals surface area (Å²) in [7, 11) is 1.37. The molecule has 0 unspecified atom stereocenters. The topological polar surface area (TPSA) is 145 Å². The zero-order valence-electron chi connectivity index (χ0n) is 21.5. The predicted octanol–water partition coefficient (Wildman–Crippen LogP) is 5.74. The number of hydrogen-bond donors (Lipinski definition) is 3. The molecule has 3 aromatic carbocycles. The van der Waals surface area contributed by atoms with Crippen molar-refractivity contribution >= 4 is 34.8 Å². The van der Waals surface area contributed by atoms with Gasteiger partial charge in [-0.15, -0.1) is 0 Å². The molecule has 4 aromatic rings. The quantitative estimate of drug-likeness (QED) is 0.126. The summed E-state index contributed by atoms with van der Waals surface area (Å²) in [4.78, 5) is 36.1. The zero-order valence-corrected chi connectivity index (χ0v) is 22.2. The normalized spacial score (nSPS) is 11.4. The fraction of sp³-hybridized carbons (Fsp3) is 0.143. The molecule has 2 amide bonds. The highest BCUT2D eigenvalue weighted by Gasteiger charge is 2.21. The van der Waals surface area contributed by atoms with Crippen LogP contribution in [0.3, 0.4) is 0 Å². The molecule has 0 spiro atoms. The van der Waals surface area contributed by atoms with Crippen molar-refractivity contribution < 1.29 is 28.4 Å². The minimum atomic E-state index is -0.770. The van der Waals surface area contributed by atoms with Crippen LogP contribution in [0, 0.1) is 10.1 Å². The van der Waals surface area contributed by atoms with Gasteiger partial charge in [0, 0.05) is 41.1 Å². The molecule has 12 heteroatoms. The molecule has 0 saturated carbocycles. The van der Waals surface area contributed by atoms with E-state index in [0.717, 1.165) is 22.9 Å². The maximum Gasteiger partial charge on any atom is 0.311 e. The molecule has 4 rings (SSSR count). The first-order valence-electron chi connectivity index (χ1n) is 12.0. The minimum Gasteiger partial charge on any atom is -0.460 e. The number of anilines is 1. The molecule has 3 N–H and O–H groups in total. The van der Waals surface area contributed by atoms with Gasteiger partial charge in [-0.25, -0.2) is 0 Å². The summed E-state index contributed by atoms with van der Waals surface area (Å²) in [5, 5.41) is 15.4. The van der Waals surface area contributed by atoms with Crippen molar-refractivity contribution in [3.05, 3.63) is 111 Å². The fourth-order valence-electron chi connectivity index (χ4n) is 3.86. The molecule has 1 heterocycles. The van der Waals surface area contributed by atoms with Crippen molar-refractivity contribution in [1.82, 2.24) is 10.9 Å². The predicted molar refractivity (Wildman–Crippen MR) is 148 cm³/mol. The van der Waals surface area contributed by atoms with Gasteiger partial charge in [0.2, 0.25) is 5.76 Å². The Morgan fingerprint density at radius 3 is 2.48 bits per heavy atom. The van der Waals surface area contributed by atoms with E-state index in [1.165, 1.54) is 25.5 Å². The molecular formula is C28H25ClN4O7. The van der Waals surface area contributed by atoms with Gasteiger partial charge in [-0.05, 0) is 54.4 Å². The third kappa shape index (κ3) is 6.76. The van der Waals surface area contributed by atoms with Crippen LogP contribution in [-0.2, 0) is 4.74 Å². The number of benzene rings is 3. The molecule has 11 nitrogen and oxygen atoms in total. The van der Waals surface area contributed by atoms with E-state index in [1.54, 1.807) is 12.1 Å². The van der Waals surface area contributed by atoms with Crippen LogP contribution in [-0.4, -0.2) is 30.6 Å². The van der Waals surface area contributed by atoms with Crippen molar-refractivity contribution in [1.29, 1.82) is 0 Å². The molecule has 1 aromatic heterocycles. The van der Waals surface area contributed by atoms with Gasteiger partial charge < -0.3 is 19.2 Å². The van der Waals surface area contributed by atoms with E-state index in [-0.39, 0.29) is 29.9 Å². The number of carbonyl (C=O) groups excluding carboxylic acids is 2. The van der Waals surface area contributed by atoms with Crippen LogP contribution in [0.15, 0.2) is 83.5 Å². The SMILES string of the molecule is COCOc1ccc(C(=O)NNC(=O)c2occc2-c2ccc([C@@H](C)Nc3cccc(Cl)c3)cc2)cc1[N+](=O)[O-]. The first kappa shape index (κ1) is 28.1. The van der Waals surface area contributed by atoms with E-state index in [4.69, 9.17) is 25.5 Å². The first-order valence-corrected chi connectivity index (χ1v) is 12.4. The van der Waals surface area contributed by atoms with Crippen LogP contribution in [0.5, 0.6) is 5.75 Å². The fourth-order valence-corrected chi connectivity index (χ4v) is 4.05. The number of nitrogens with one attached hydrogen (secondary N) is 3. The van der Waals surface area contributed by atoms with Gasteiger partial charge in [-0.3, -0.25) is 30.6 Å². The van der Waals surface area contributed by atoms with E-state index in [1.807, 2.05) is 49.4 Å². The number of rotatable bonds is 10. The number of amides is 2. The Hall–Kier alpha value is -4.87. The highest BCUT2D eigenvalue weighted by Crippen LogP contribution is 2.29. The largest absolute Gasteiger partial charge is 0.460 e. The lowest BCUT2D eigenvalue weighted by molar-refractivity contribution is -0.386. The summed E-state index contributed by atoms with van der Waals surface area (Å²) in [6.07, 6.45) is 1.37. The van der Waals surface area contributed by atoms with Crippen LogP contribution < -0.4 is 20.9 Å². The van der Waals surface area contributed by atoms with Gasteiger partial charge in [-0.2, -0.15) is 0 Å². The third-order valence-electron chi connectivity index (χ3n) is 5.84. The molecule has 0 fully saturated rings. The summed E-state index contributed by atoms with van der Waals surface area (Å²) in [6.45, 7) is 1.82. The number of nitro groups is 1. The second kappa shape index (κ2) is 12.8. The number of furan rings is 1. The maximum absolute atomic E-state index is 12.8. The number of carbonyl (C=O) groups is 2. The van der Waals surface area contributed by atoms with E-state index in [0.29, 0.717) is 10.6 Å². The van der Waals surface area contributed by atoms with E-state index in [9.17, 15) is 19.7 Å². The van der Waals surface area contributed by atoms with Crippen LogP contribution in [0.1, 0.15) is 39.4 Å². The summed E-state index contributed by atoms with van der Waals surface area (Å²) in [5.41, 5.74) is 7.18. The van der Waals surface area contributed by atoms with Crippen LogP contribution in [0.2, 0.25) is 5.02 Å². The van der Waals surface area contributed by atoms with Crippen molar-refractivity contribution in [3.8, 4) is 16.9 Å². The molecule has 1 atom stereocenters. The summed E-state index contributed by atoms with van der Waals surface area (Å²) >= 11 is 6.06. The Bertz CT molecular complexity index is 1520. The number of halogens is 1.